The Kier molecular flexibility index (Phi) is 7.80. The Morgan fingerprint density at radius 1 is 1.21 bits per heavy atom. The molecule has 0 aliphatic carbocycles. The lowest BCUT2D eigenvalue weighted by molar-refractivity contribution is -0.134. The summed E-state index contributed by atoms with van der Waals surface area (Å²) in [7, 11) is 3.00. The molecule has 1 aromatic carbocycles. The van der Waals surface area contributed by atoms with Gasteiger partial charge in [-0.2, -0.15) is 0 Å². The number of Topliss-reactive ketones (excluding diaryl/α,β-unsaturated/α-hetero) is 1. The van der Waals surface area contributed by atoms with Gasteiger partial charge in [0.2, 0.25) is 5.91 Å². The van der Waals surface area contributed by atoms with Gasteiger partial charge in [0.15, 0.2) is 17.3 Å². The van der Waals surface area contributed by atoms with Crippen molar-refractivity contribution >= 4 is 17.6 Å². The average molecular weight is 392 g/mol. The van der Waals surface area contributed by atoms with Crippen molar-refractivity contribution in [1.29, 1.82) is 0 Å². The molecule has 1 unspecified atom stereocenters. The first kappa shape index (κ1) is 21.7. The van der Waals surface area contributed by atoms with E-state index in [1.165, 1.54) is 14.2 Å². The fourth-order valence-electron chi connectivity index (χ4n) is 2.98. The van der Waals surface area contributed by atoms with Crippen LogP contribution in [0.5, 0.6) is 11.5 Å². The second-order valence-electron chi connectivity index (χ2n) is 7.09. The second kappa shape index (κ2) is 10.1. The Labute approximate surface area is 164 Å². The maximum Gasteiger partial charge on any atom is 0.252 e. The van der Waals surface area contributed by atoms with Crippen LogP contribution in [0.15, 0.2) is 18.2 Å². The third-order valence-electron chi connectivity index (χ3n) is 4.47. The average Bonchev–Trinajstić information content (AvgIpc) is 2.68. The highest BCUT2D eigenvalue weighted by Crippen LogP contribution is 2.27. The molecule has 1 saturated heterocycles. The molecule has 1 heterocycles. The number of carbonyl (C=O) groups is 3. The number of nitrogens with one attached hydrogen (secondary N) is 2. The summed E-state index contributed by atoms with van der Waals surface area (Å²) >= 11 is 0. The van der Waals surface area contributed by atoms with E-state index in [0.29, 0.717) is 36.5 Å². The quantitative estimate of drug-likeness (QED) is 0.692. The van der Waals surface area contributed by atoms with E-state index in [9.17, 15) is 14.4 Å². The van der Waals surface area contributed by atoms with Gasteiger partial charge < -0.3 is 24.8 Å². The smallest absolute Gasteiger partial charge is 0.252 e. The predicted octanol–water partition coefficient (Wildman–Crippen LogP) is 1.32. The highest BCUT2D eigenvalue weighted by atomic mass is 16.5. The molecule has 8 heteroatoms. The number of carbonyl (C=O) groups excluding carboxylic acids is 3. The summed E-state index contributed by atoms with van der Waals surface area (Å²) in [5.74, 6) is 0.171. The van der Waals surface area contributed by atoms with Crippen molar-refractivity contribution in [2.24, 2.45) is 5.92 Å². The van der Waals surface area contributed by atoms with Crippen LogP contribution in [0.25, 0.3) is 0 Å². The van der Waals surface area contributed by atoms with E-state index in [4.69, 9.17) is 14.2 Å². The Morgan fingerprint density at radius 3 is 2.54 bits per heavy atom. The number of methoxy groups -OCH3 is 2. The predicted molar refractivity (Wildman–Crippen MR) is 103 cm³/mol. The van der Waals surface area contributed by atoms with Gasteiger partial charge >= 0.3 is 0 Å². The Balaban J connectivity index is 2.11. The lowest BCUT2D eigenvalue weighted by Gasteiger charge is -2.26. The van der Waals surface area contributed by atoms with Crippen LogP contribution in [0.1, 0.15) is 37.0 Å². The van der Waals surface area contributed by atoms with Crippen LogP contribution in [0, 0.1) is 5.92 Å². The maximum absolute atomic E-state index is 12.7. The van der Waals surface area contributed by atoms with Crippen LogP contribution >= 0.6 is 0 Å². The Morgan fingerprint density at radius 2 is 1.93 bits per heavy atom. The van der Waals surface area contributed by atoms with Crippen molar-refractivity contribution < 1.29 is 28.6 Å². The SMILES string of the molecule is COc1ccc(C(=O)N[C@@H](CC(C)C)C(=O)NC2CCOCC2=O)cc1OC. The third-order valence-corrected chi connectivity index (χ3v) is 4.47. The standard InChI is InChI=1S/C20H28N2O6/c1-12(2)9-15(20(25)21-14-7-8-28-11-16(14)23)22-19(24)13-5-6-17(26-3)18(10-13)27-4/h5-6,10,12,14-15H,7-9,11H2,1-4H3,(H,21,25)(H,22,24)/t14?,15-/m0/s1. The van der Waals surface area contributed by atoms with E-state index in [1.54, 1.807) is 18.2 Å². The zero-order chi connectivity index (χ0) is 20.7. The number of hydrogen-bond acceptors (Lipinski definition) is 6. The molecular weight excluding hydrogens is 364 g/mol. The van der Waals surface area contributed by atoms with Gasteiger partial charge in [-0.3, -0.25) is 14.4 Å². The fourth-order valence-corrected chi connectivity index (χ4v) is 2.98. The molecule has 1 fully saturated rings. The highest BCUT2D eigenvalue weighted by molar-refractivity contribution is 5.99. The van der Waals surface area contributed by atoms with Crippen LogP contribution in [-0.2, 0) is 14.3 Å². The number of benzene rings is 1. The van der Waals surface area contributed by atoms with Crippen LogP contribution in [0.2, 0.25) is 0 Å². The molecule has 2 atom stereocenters. The van der Waals surface area contributed by atoms with E-state index in [2.05, 4.69) is 10.6 Å². The van der Waals surface area contributed by atoms with Gasteiger partial charge in [0, 0.05) is 12.2 Å². The lowest BCUT2D eigenvalue weighted by Crippen LogP contribution is -2.53. The van der Waals surface area contributed by atoms with E-state index in [-0.39, 0.29) is 24.2 Å². The summed E-state index contributed by atoms with van der Waals surface area (Å²) in [5.41, 5.74) is 0.348. The Hall–Kier alpha value is -2.61. The number of ketones is 1. The van der Waals surface area contributed by atoms with Crippen LogP contribution in [0.4, 0.5) is 0 Å². The minimum absolute atomic E-state index is 0.00219. The van der Waals surface area contributed by atoms with Crippen LogP contribution in [0.3, 0.4) is 0 Å². The first-order valence-corrected chi connectivity index (χ1v) is 9.29. The number of rotatable bonds is 8. The van der Waals surface area contributed by atoms with Gasteiger partial charge in [0.1, 0.15) is 12.6 Å². The fraction of sp³-hybridized carbons (Fsp3) is 0.550. The van der Waals surface area contributed by atoms with Gasteiger partial charge in [-0.25, -0.2) is 0 Å². The summed E-state index contributed by atoms with van der Waals surface area (Å²) in [6.45, 7) is 4.34. The summed E-state index contributed by atoms with van der Waals surface area (Å²) in [4.78, 5) is 37.3. The Bertz CT molecular complexity index is 719. The van der Waals surface area contributed by atoms with Crippen molar-refractivity contribution in [2.75, 3.05) is 27.4 Å². The van der Waals surface area contributed by atoms with E-state index in [0.717, 1.165) is 0 Å². The van der Waals surface area contributed by atoms with E-state index < -0.39 is 18.0 Å². The summed E-state index contributed by atoms with van der Waals surface area (Å²) < 4.78 is 15.5. The normalized spacial score (nSPS) is 17.8. The molecule has 2 amide bonds. The van der Waals surface area contributed by atoms with Crippen molar-refractivity contribution in [3.05, 3.63) is 23.8 Å². The molecule has 0 saturated carbocycles. The van der Waals surface area contributed by atoms with E-state index >= 15 is 0 Å². The number of ether oxygens (including phenoxy) is 3. The molecule has 1 aromatic rings. The van der Waals surface area contributed by atoms with Crippen molar-refractivity contribution in [3.8, 4) is 11.5 Å². The molecule has 154 valence electrons. The summed E-state index contributed by atoms with van der Waals surface area (Å²) in [6, 6.07) is 3.46. The minimum Gasteiger partial charge on any atom is -0.493 e. The number of hydrogen-bond donors (Lipinski definition) is 2. The van der Waals surface area contributed by atoms with Gasteiger partial charge in [-0.15, -0.1) is 0 Å². The van der Waals surface area contributed by atoms with Gasteiger partial charge in [0.25, 0.3) is 5.91 Å². The molecule has 28 heavy (non-hydrogen) atoms. The maximum atomic E-state index is 12.7. The molecule has 0 radical (unpaired) electrons. The topological polar surface area (TPSA) is 103 Å². The first-order chi connectivity index (χ1) is 13.3. The molecule has 2 rings (SSSR count). The van der Waals surface area contributed by atoms with E-state index in [1.807, 2.05) is 13.8 Å². The molecule has 0 spiro atoms. The molecular formula is C20H28N2O6. The van der Waals surface area contributed by atoms with Crippen molar-refractivity contribution in [3.63, 3.8) is 0 Å². The van der Waals surface area contributed by atoms with Crippen LogP contribution in [-0.4, -0.2) is 57.1 Å². The first-order valence-electron chi connectivity index (χ1n) is 9.29. The highest BCUT2D eigenvalue weighted by Gasteiger charge is 2.29. The molecule has 0 bridgehead atoms. The van der Waals surface area contributed by atoms with Crippen molar-refractivity contribution in [1.82, 2.24) is 10.6 Å². The molecule has 8 nitrogen and oxygen atoms in total. The number of amides is 2. The zero-order valence-electron chi connectivity index (χ0n) is 16.7. The molecule has 0 aromatic heterocycles. The van der Waals surface area contributed by atoms with Crippen LogP contribution < -0.4 is 20.1 Å². The summed E-state index contributed by atoms with van der Waals surface area (Å²) in [6.07, 6.45) is 0.880. The van der Waals surface area contributed by atoms with Gasteiger partial charge in [0.05, 0.1) is 20.3 Å². The molecule has 2 N–H and O–H groups in total. The largest absolute Gasteiger partial charge is 0.493 e. The monoisotopic (exact) mass is 392 g/mol. The lowest BCUT2D eigenvalue weighted by atomic mass is 10.0. The second-order valence-corrected chi connectivity index (χ2v) is 7.09. The van der Waals surface area contributed by atoms with Gasteiger partial charge in [-0.1, -0.05) is 13.8 Å². The van der Waals surface area contributed by atoms with Gasteiger partial charge in [-0.05, 0) is 37.0 Å². The molecule has 1 aliphatic heterocycles. The zero-order valence-corrected chi connectivity index (χ0v) is 16.7. The molecule has 1 aliphatic rings. The summed E-state index contributed by atoms with van der Waals surface area (Å²) in [5, 5.41) is 5.51. The third kappa shape index (κ3) is 5.69. The van der Waals surface area contributed by atoms with Crippen molar-refractivity contribution in [2.45, 2.75) is 38.8 Å². The minimum atomic E-state index is -0.753.